The van der Waals surface area contributed by atoms with Crippen molar-refractivity contribution in [2.24, 2.45) is 0 Å². The third-order valence-electron chi connectivity index (χ3n) is 5.84. The van der Waals surface area contributed by atoms with Gasteiger partial charge in [0.05, 0.1) is 5.69 Å². The SMILES string of the molecule is Cc1cnc2[nH]c(C)c(-c3nc(-c4cccc([C@]5(O)CCN(C)C5=O)c4)cs3)c2c1. The van der Waals surface area contributed by atoms with Gasteiger partial charge in [0.2, 0.25) is 0 Å². The number of likely N-dealkylation sites (tertiary alicyclic amines) is 1. The lowest BCUT2D eigenvalue weighted by atomic mass is 9.90. The molecule has 1 aliphatic rings. The number of carbonyl (C=O) groups excluding carboxylic acids is 1. The molecule has 0 aliphatic carbocycles. The molecule has 0 spiro atoms. The summed E-state index contributed by atoms with van der Waals surface area (Å²) in [6, 6.07) is 9.65. The predicted molar refractivity (Wildman–Crippen MR) is 118 cm³/mol. The number of amides is 1. The number of carbonyl (C=O) groups is 1. The number of hydrogen-bond acceptors (Lipinski definition) is 5. The first-order chi connectivity index (χ1) is 14.4. The van der Waals surface area contributed by atoms with Crippen LogP contribution in [0.1, 0.15) is 23.2 Å². The Labute approximate surface area is 178 Å². The fourth-order valence-corrected chi connectivity index (χ4v) is 5.10. The number of aromatic amines is 1. The minimum atomic E-state index is -1.46. The molecule has 1 aromatic carbocycles. The molecular weight excluding hydrogens is 396 g/mol. The largest absolute Gasteiger partial charge is 0.375 e. The van der Waals surface area contributed by atoms with E-state index in [-0.39, 0.29) is 5.91 Å². The lowest BCUT2D eigenvalue weighted by molar-refractivity contribution is -0.143. The molecule has 152 valence electrons. The molecule has 3 aromatic heterocycles. The van der Waals surface area contributed by atoms with Crippen LogP contribution in [-0.2, 0) is 10.4 Å². The van der Waals surface area contributed by atoms with Crippen LogP contribution < -0.4 is 0 Å². The zero-order chi connectivity index (χ0) is 21.0. The molecule has 1 saturated heterocycles. The molecule has 30 heavy (non-hydrogen) atoms. The molecular formula is C23H22N4O2S. The summed E-state index contributed by atoms with van der Waals surface area (Å²) in [5, 5.41) is 15.0. The molecule has 0 radical (unpaired) electrons. The van der Waals surface area contributed by atoms with Gasteiger partial charge in [-0.05, 0) is 37.1 Å². The van der Waals surface area contributed by atoms with E-state index in [0.29, 0.717) is 18.5 Å². The van der Waals surface area contributed by atoms with Crippen molar-refractivity contribution >= 4 is 28.3 Å². The maximum absolute atomic E-state index is 12.5. The summed E-state index contributed by atoms with van der Waals surface area (Å²) in [6.45, 7) is 4.61. The first-order valence-electron chi connectivity index (χ1n) is 9.86. The highest BCUT2D eigenvalue weighted by Gasteiger charge is 2.45. The van der Waals surface area contributed by atoms with E-state index in [4.69, 9.17) is 4.98 Å². The van der Waals surface area contributed by atoms with Crippen LogP contribution in [-0.4, -0.2) is 44.5 Å². The number of thiazole rings is 1. The summed E-state index contributed by atoms with van der Waals surface area (Å²) in [4.78, 5) is 26.8. The number of hydrogen-bond donors (Lipinski definition) is 2. The lowest BCUT2D eigenvalue weighted by Crippen LogP contribution is -2.36. The fraction of sp³-hybridized carbons (Fsp3) is 0.261. The van der Waals surface area contributed by atoms with Crippen LogP contribution in [0.4, 0.5) is 0 Å². The normalized spacial score (nSPS) is 19.2. The van der Waals surface area contributed by atoms with Gasteiger partial charge in [-0.1, -0.05) is 18.2 Å². The van der Waals surface area contributed by atoms with Crippen molar-refractivity contribution in [1.29, 1.82) is 0 Å². The summed E-state index contributed by atoms with van der Waals surface area (Å²) in [6.07, 6.45) is 2.25. The van der Waals surface area contributed by atoms with Crippen LogP contribution in [0.25, 0.3) is 32.9 Å². The van der Waals surface area contributed by atoms with Crippen molar-refractivity contribution in [3.05, 3.63) is 58.7 Å². The second-order valence-electron chi connectivity index (χ2n) is 7.99. The fourth-order valence-electron chi connectivity index (χ4n) is 4.16. The number of H-pyrrole nitrogens is 1. The minimum Gasteiger partial charge on any atom is -0.375 e. The van der Waals surface area contributed by atoms with Gasteiger partial charge in [0, 0.05) is 53.8 Å². The molecule has 4 heterocycles. The number of aromatic nitrogens is 3. The summed E-state index contributed by atoms with van der Waals surface area (Å²) in [7, 11) is 1.72. The Bertz CT molecular complexity index is 1290. The second kappa shape index (κ2) is 6.75. The number of rotatable bonds is 3. The van der Waals surface area contributed by atoms with E-state index in [9.17, 15) is 9.90 Å². The third kappa shape index (κ3) is 2.85. The zero-order valence-corrected chi connectivity index (χ0v) is 17.9. The Hall–Kier alpha value is -3.03. The lowest BCUT2D eigenvalue weighted by Gasteiger charge is -2.21. The van der Waals surface area contributed by atoms with E-state index < -0.39 is 5.60 Å². The van der Waals surface area contributed by atoms with Crippen LogP contribution in [0.15, 0.2) is 41.9 Å². The van der Waals surface area contributed by atoms with Crippen LogP contribution >= 0.6 is 11.3 Å². The van der Waals surface area contributed by atoms with Gasteiger partial charge in [0.15, 0.2) is 5.60 Å². The number of pyridine rings is 1. The molecule has 0 saturated carbocycles. The van der Waals surface area contributed by atoms with E-state index in [1.807, 2.05) is 49.7 Å². The summed E-state index contributed by atoms with van der Waals surface area (Å²) in [5.41, 5.74) is 4.94. The maximum Gasteiger partial charge on any atom is 0.258 e. The van der Waals surface area contributed by atoms with Gasteiger partial charge in [-0.25, -0.2) is 9.97 Å². The second-order valence-corrected chi connectivity index (χ2v) is 8.85. The van der Waals surface area contributed by atoms with Crippen LogP contribution in [0.5, 0.6) is 0 Å². The van der Waals surface area contributed by atoms with Gasteiger partial charge in [-0.2, -0.15) is 0 Å². The molecule has 1 fully saturated rings. The number of aryl methyl sites for hydroxylation is 2. The molecule has 6 nitrogen and oxygen atoms in total. The standard InChI is InChI=1S/C23H22N4O2S/c1-13-9-17-19(14(2)25-20(17)24-11-13)21-26-18(12-30-21)15-5-4-6-16(10-15)23(29)7-8-27(3)22(23)28/h4-6,9-12,29H,7-8H2,1-3H3,(H,24,25)/t23-/m1/s1. The summed E-state index contributed by atoms with van der Waals surface area (Å²) < 4.78 is 0. The number of nitrogens with zero attached hydrogens (tertiary/aromatic N) is 3. The van der Waals surface area contributed by atoms with Crippen LogP contribution in [0.2, 0.25) is 0 Å². The van der Waals surface area contributed by atoms with E-state index in [1.165, 1.54) is 0 Å². The Balaban J connectivity index is 1.55. The molecule has 1 aliphatic heterocycles. The summed E-state index contributed by atoms with van der Waals surface area (Å²) in [5.74, 6) is -0.254. The smallest absolute Gasteiger partial charge is 0.258 e. The topological polar surface area (TPSA) is 82.1 Å². The quantitative estimate of drug-likeness (QED) is 0.526. The Morgan fingerprint density at radius 3 is 2.87 bits per heavy atom. The van der Waals surface area contributed by atoms with Gasteiger partial charge in [-0.15, -0.1) is 11.3 Å². The van der Waals surface area contributed by atoms with Gasteiger partial charge in [0.1, 0.15) is 10.7 Å². The average Bonchev–Trinajstić information content (AvgIpc) is 3.41. The van der Waals surface area contributed by atoms with Crippen molar-refractivity contribution in [1.82, 2.24) is 19.9 Å². The average molecular weight is 419 g/mol. The minimum absolute atomic E-state index is 0.254. The maximum atomic E-state index is 12.5. The number of aliphatic hydroxyl groups is 1. The molecule has 2 N–H and O–H groups in total. The number of fused-ring (bicyclic) bond motifs is 1. The van der Waals surface area contributed by atoms with E-state index in [1.54, 1.807) is 23.3 Å². The van der Waals surface area contributed by atoms with Crippen molar-refractivity contribution in [3.8, 4) is 21.8 Å². The third-order valence-corrected chi connectivity index (χ3v) is 6.70. The first-order valence-corrected chi connectivity index (χ1v) is 10.7. The highest BCUT2D eigenvalue weighted by Crippen LogP contribution is 2.38. The van der Waals surface area contributed by atoms with Crippen molar-refractivity contribution in [3.63, 3.8) is 0 Å². The Morgan fingerprint density at radius 2 is 2.10 bits per heavy atom. The molecule has 7 heteroatoms. The molecule has 0 unspecified atom stereocenters. The predicted octanol–water partition coefficient (Wildman–Crippen LogP) is 4.02. The molecule has 1 atom stereocenters. The molecule has 5 rings (SSSR count). The monoisotopic (exact) mass is 418 g/mol. The van der Waals surface area contributed by atoms with E-state index in [0.717, 1.165) is 44.1 Å². The highest BCUT2D eigenvalue weighted by atomic mass is 32.1. The molecule has 4 aromatic rings. The van der Waals surface area contributed by atoms with Crippen molar-refractivity contribution < 1.29 is 9.90 Å². The summed E-state index contributed by atoms with van der Waals surface area (Å²) >= 11 is 1.58. The van der Waals surface area contributed by atoms with Crippen LogP contribution in [0.3, 0.4) is 0 Å². The Kier molecular flexibility index (Phi) is 4.27. The number of benzene rings is 1. The zero-order valence-electron chi connectivity index (χ0n) is 17.1. The number of nitrogens with one attached hydrogen (secondary N) is 1. The Morgan fingerprint density at radius 1 is 1.27 bits per heavy atom. The molecule has 1 amide bonds. The van der Waals surface area contributed by atoms with Crippen molar-refractivity contribution in [2.75, 3.05) is 13.6 Å². The van der Waals surface area contributed by atoms with Crippen molar-refractivity contribution in [2.45, 2.75) is 25.9 Å². The first kappa shape index (κ1) is 19.0. The molecule has 0 bridgehead atoms. The highest BCUT2D eigenvalue weighted by molar-refractivity contribution is 7.13. The van der Waals surface area contributed by atoms with E-state index in [2.05, 4.69) is 16.0 Å². The van der Waals surface area contributed by atoms with E-state index >= 15 is 0 Å². The van der Waals surface area contributed by atoms with Gasteiger partial charge in [-0.3, -0.25) is 4.79 Å². The van der Waals surface area contributed by atoms with Gasteiger partial charge in [0.25, 0.3) is 5.91 Å². The number of likely N-dealkylation sites (N-methyl/N-ethyl adjacent to an activating group) is 1. The van der Waals surface area contributed by atoms with Gasteiger partial charge >= 0.3 is 0 Å². The van der Waals surface area contributed by atoms with Gasteiger partial charge < -0.3 is 15.0 Å². The van der Waals surface area contributed by atoms with Crippen LogP contribution in [0, 0.1) is 13.8 Å².